The Kier molecular flexibility index (Phi) is 5.57. The van der Waals surface area contributed by atoms with Crippen molar-refractivity contribution in [1.82, 2.24) is 9.88 Å². The molecule has 0 bridgehead atoms. The van der Waals surface area contributed by atoms with Crippen LogP contribution in [0.25, 0.3) is 5.76 Å². The zero-order chi connectivity index (χ0) is 21.3. The van der Waals surface area contributed by atoms with E-state index in [4.69, 9.17) is 4.74 Å². The number of amides is 1. The van der Waals surface area contributed by atoms with E-state index in [0.717, 1.165) is 42.6 Å². The van der Waals surface area contributed by atoms with Crippen molar-refractivity contribution in [1.29, 1.82) is 0 Å². The molecule has 1 aliphatic heterocycles. The van der Waals surface area contributed by atoms with Crippen molar-refractivity contribution in [2.75, 3.05) is 6.61 Å². The summed E-state index contributed by atoms with van der Waals surface area (Å²) < 4.78 is 5.57. The minimum Gasteiger partial charge on any atom is -0.507 e. The van der Waals surface area contributed by atoms with Gasteiger partial charge in [-0.25, -0.2) is 0 Å². The van der Waals surface area contributed by atoms with Crippen molar-refractivity contribution < 1.29 is 19.4 Å². The van der Waals surface area contributed by atoms with Gasteiger partial charge >= 0.3 is 0 Å². The fraction of sp³-hybridized carbons (Fsp3) is 0.375. The molecule has 2 aliphatic rings. The molecule has 1 aliphatic carbocycles. The molecule has 6 heteroatoms. The maximum Gasteiger partial charge on any atom is 0.295 e. The molecule has 1 atom stereocenters. The molecule has 2 heterocycles. The zero-order valence-corrected chi connectivity index (χ0v) is 17.3. The molecular formula is C24H26N2O4. The number of likely N-dealkylation sites (tertiary alicyclic amines) is 1. The van der Waals surface area contributed by atoms with Crippen LogP contribution in [-0.4, -0.2) is 39.3 Å². The fourth-order valence-corrected chi connectivity index (χ4v) is 4.54. The van der Waals surface area contributed by atoms with Gasteiger partial charge in [0.25, 0.3) is 11.7 Å². The molecule has 156 valence electrons. The lowest BCUT2D eigenvalue weighted by molar-refractivity contribution is -0.141. The molecular weight excluding hydrogens is 380 g/mol. The molecule has 6 nitrogen and oxygen atoms in total. The first-order valence-electron chi connectivity index (χ1n) is 10.5. The van der Waals surface area contributed by atoms with Crippen molar-refractivity contribution in [3.8, 4) is 5.75 Å². The number of Topliss-reactive ketones (excluding diaryl/α,β-unsaturated/α-hetero) is 1. The van der Waals surface area contributed by atoms with E-state index in [0.29, 0.717) is 12.2 Å². The lowest BCUT2D eigenvalue weighted by Gasteiger charge is -2.30. The lowest BCUT2D eigenvalue weighted by atomic mass is 9.95. The normalized spacial score (nSPS) is 21.4. The lowest BCUT2D eigenvalue weighted by Crippen LogP contribution is -2.37. The number of nitrogens with zero attached hydrogens (tertiary/aromatic N) is 2. The SMILES string of the molecule is CCOc1ccc(/C(O)=C2/C(=O)C(=O)N(C3CCCC3)C2c2cccnc2)cc1C. The highest BCUT2D eigenvalue weighted by atomic mass is 16.5. The molecule has 0 spiro atoms. The number of carbonyl (C=O) groups excluding carboxylic acids is 2. The highest BCUT2D eigenvalue weighted by Crippen LogP contribution is 2.43. The molecule has 2 aromatic rings. The standard InChI is InChI=1S/C24H26N2O4/c1-3-30-19-11-10-16(13-15(19)2)22(27)20-21(17-7-6-12-25-14-17)26(24(29)23(20)28)18-8-4-5-9-18/h6-7,10-14,18,21,27H,3-5,8-9H2,1-2H3/b22-20-. The van der Waals surface area contributed by atoms with E-state index in [2.05, 4.69) is 4.98 Å². The fourth-order valence-electron chi connectivity index (χ4n) is 4.54. The van der Waals surface area contributed by atoms with E-state index in [1.165, 1.54) is 0 Å². The van der Waals surface area contributed by atoms with Crippen LogP contribution in [0.3, 0.4) is 0 Å². The van der Waals surface area contributed by atoms with Crippen LogP contribution in [0.4, 0.5) is 0 Å². The summed E-state index contributed by atoms with van der Waals surface area (Å²) in [5.41, 5.74) is 2.20. The third kappa shape index (κ3) is 3.47. The number of ether oxygens (including phenoxy) is 1. The highest BCUT2D eigenvalue weighted by molar-refractivity contribution is 6.46. The number of benzene rings is 1. The number of aliphatic hydroxyl groups excluding tert-OH is 1. The average Bonchev–Trinajstić information content (AvgIpc) is 3.37. The molecule has 1 aromatic heterocycles. The van der Waals surface area contributed by atoms with E-state index in [1.54, 1.807) is 41.6 Å². The number of ketones is 1. The predicted molar refractivity (Wildman–Crippen MR) is 113 cm³/mol. The van der Waals surface area contributed by atoms with Gasteiger partial charge in [0, 0.05) is 24.0 Å². The molecule has 0 radical (unpaired) electrons. The van der Waals surface area contributed by atoms with Crippen molar-refractivity contribution in [3.05, 3.63) is 65.0 Å². The smallest absolute Gasteiger partial charge is 0.295 e. The van der Waals surface area contributed by atoms with Crippen LogP contribution in [0.15, 0.2) is 48.3 Å². The first kappa shape index (κ1) is 20.1. The second-order valence-electron chi connectivity index (χ2n) is 7.84. The van der Waals surface area contributed by atoms with Gasteiger partial charge in [0.1, 0.15) is 11.5 Å². The van der Waals surface area contributed by atoms with Gasteiger partial charge in [0.2, 0.25) is 0 Å². The van der Waals surface area contributed by atoms with Crippen LogP contribution in [0, 0.1) is 6.92 Å². The van der Waals surface area contributed by atoms with Gasteiger partial charge < -0.3 is 14.7 Å². The summed E-state index contributed by atoms with van der Waals surface area (Å²) in [6.07, 6.45) is 7.12. The number of rotatable bonds is 5. The Morgan fingerprint density at radius 1 is 1.23 bits per heavy atom. The van der Waals surface area contributed by atoms with E-state index in [1.807, 2.05) is 19.9 Å². The molecule has 1 saturated carbocycles. The van der Waals surface area contributed by atoms with Gasteiger partial charge in [0.15, 0.2) is 0 Å². The topological polar surface area (TPSA) is 79.7 Å². The summed E-state index contributed by atoms with van der Waals surface area (Å²) in [6, 6.07) is 8.28. The van der Waals surface area contributed by atoms with Crippen LogP contribution >= 0.6 is 0 Å². The van der Waals surface area contributed by atoms with E-state index in [-0.39, 0.29) is 17.4 Å². The molecule has 30 heavy (non-hydrogen) atoms. The van der Waals surface area contributed by atoms with Crippen molar-refractivity contribution in [2.45, 2.75) is 51.6 Å². The Morgan fingerprint density at radius 2 is 2.00 bits per heavy atom. The van der Waals surface area contributed by atoms with Gasteiger partial charge in [-0.3, -0.25) is 14.6 Å². The Labute approximate surface area is 176 Å². The minimum absolute atomic E-state index is 0.000905. The van der Waals surface area contributed by atoms with Gasteiger partial charge in [-0.2, -0.15) is 0 Å². The second kappa shape index (κ2) is 8.30. The number of aromatic nitrogens is 1. The Morgan fingerprint density at radius 3 is 2.63 bits per heavy atom. The summed E-state index contributed by atoms with van der Waals surface area (Å²) in [6.45, 7) is 4.34. The Balaban J connectivity index is 1.84. The summed E-state index contributed by atoms with van der Waals surface area (Å²) >= 11 is 0. The monoisotopic (exact) mass is 406 g/mol. The van der Waals surface area contributed by atoms with Crippen LogP contribution in [0.1, 0.15) is 55.3 Å². The van der Waals surface area contributed by atoms with Crippen LogP contribution in [-0.2, 0) is 9.59 Å². The molecule has 4 rings (SSSR count). The number of aryl methyl sites for hydroxylation is 1. The first-order chi connectivity index (χ1) is 14.5. The van der Waals surface area contributed by atoms with E-state index >= 15 is 0 Å². The van der Waals surface area contributed by atoms with E-state index < -0.39 is 17.7 Å². The van der Waals surface area contributed by atoms with Crippen LogP contribution in [0.5, 0.6) is 5.75 Å². The maximum absolute atomic E-state index is 13.1. The first-order valence-corrected chi connectivity index (χ1v) is 10.5. The predicted octanol–water partition coefficient (Wildman–Crippen LogP) is 4.15. The third-order valence-corrected chi connectivity index (χ3v) is 5.95. The van der Waals surface area contributed by atoms with Gasteiger partial charge in [-0.15, -0.1) is 0 Å². The van der Waals surface area contributed by atoms with Crippen molar-refractivity contribution in [2.24, 2.45) is 0 Å². The maximum atomic E-state index is 13.1. The summed E-state index contributed by atoms with van der Waals surface area (Å²) in [7, 11) is 0. The summed E-state index contributed by atoms with van der Waals surface area (Å²) in [4.78, 5) is 31.9. The van der Waals surface area contributed by atoms with Crippen molar-refractivity contribution in [3.63, 3.8) is 0 Å². The summed E-state index contributed by atoms with van der Waals surface area (Å²) in [5.74, 6) is -0.613. The summed E-state index contributed by atoms with van der Waals surface area (Å²) in [5, 5.41) is 11.2. The second-order valence-corrected chi connectivity index (χ2v) is 7.84. The molecule has 1 unspecified atom stereocenters. The number of hydrogen-bond donors (Lipinski definition) is 1. The van der Waals surface area contributed by atoms with Crippen LogP contribution in [0.2, 0.25) is 0 Å². The van der Waals surface area contributed by atoms with Crippen molar-refractivity contribution >= 4 is 17.4 Å². The highest BCUT2D eigenvalue weighted by Gasteiger charge is 2.49. The number of carbonyl (C=O) groups is 2. The minimum atomic E-state index is -0.639. The Hall–Kier alpha value is -3.15. The average molecular weight is 406 g/mol. The van der Waals surface area contributed by atoms with Gasteiger partial charge in [0.05, 0.1) is 18.2 Å². The quantitative estimate of drug-likeness (QED) is 0.458. The largest absolute Gasteiger partial charge is 0.507 e. The Bertz CT molecular complexity index is 994. The molecule has 1 aromatic carbocycles. The number of hydrogen-bond acceptors (Lipinski definition) is 5. The third-order valence-electron chi connectivity index (χ3n) is 5.95. The van der Waals surface area contributed by atoms with E-state index in [9.17, 15) is 14.7 Å². The van der Waals surface area contributed by atoms with Gasteiger partial charge in [-0.05, 0) is 62.1 Å². The molecule has 2 fully saturated rings. The molecule has 1 amide bonds. The van der Waals surface area contributed by atoms with Gasteiger partial charge in [-0.1, -0.05) is 18.9 Å². The van der Waals surface area contributed by atoms with Crippen LogP contribution < -0.4 is 4.74 Å². The molecule has 1 N–H and O–H groups in total. The molecule has 1 saturated heterocycles. The zero-order valence-electron chi connectivity index (χ0n) is 17.3. The number of pyridine rings is 1. The number of aliphatic hydroxyl groups is 1.